The lowest BCUT2D eigenvalue weighted by Crippen LogP contribution is -2.49. The van der Waals surface area contributed by atoms with Crippen LogP contribution in [0.4, 0.5) is 5.82 Å². The monoisotopic (exact) mass is 387 g/mol. The molecule has 1 aromatic heterocycles. The van der Waals surface area contributed by atoms with Gasteiger partial charge in [0.15, 0.2) is 0 Å². The average Bonchev–Trinajstić information content (AvgIpc) is 2.56. The molecule has 2 aromatic rings. The number of halogens is 3. The Bertz CT molecular complexity index is 606. The fourth-order valence-corrected chi connectivity index (χ4v) is 2.98. The molecule has 1 aliphatic heterocycles. The minimum absolute atomic E-state index is 0. The Morgan fingerprint density at radius 3 is 1.96 bits per heavy atom. The normalized spacial score (nSPS) is 14.9. The lowest BCUT2D eigenvalue weighted by Gasteiger charge is -2.37. The van der Waals surface area contributed by atoms with Gasteiger partial charge in [-0.3, -0.25) is 4.90 Å². The summed E-state index contributed by atoms with van der Waals surface area (Å²) in [7, 11) is 0. The lowest BCUT2D eigenvalue weighted by molar-refractivity contribution is 0.209. The van der Waals surface area contributed by atoms with Crippen molar-refractivity contribution in [3.8, 4) is 11.1 Å². The largest absolute Gasteiger partial charge is 0.354 e. The van der Waals surface area contributed by atoms with Crippen LogP contribution >= 0.6 is 36.4 Å². The highest BCUT2D eigenvalue weighted by Crippen LogP contribution is 2.23. The molecule has 1 fully saturated rings. The summed E-state index contributed by atoms with van der Waals surface area (Å²) >= 11 is 5.93. The summed E-state index contributed by atoms with van der Waals surface area (Å²) in [5, 5.41) is 0.761. The molecule has 0 spiro atoms. The van der Waals surface area contributed by atoms with Gasteiger partial charge in [0, 0.05) is 49.0 Å². The summed E-state index contributed by atoms with van der Waals surface area (Å²) in [6, 6.07) is 12.8. The van der Waals surface area contributed by atoms with E-state index in [1.54, 1.807) is 0 Å². The zero-order chi connectivity index (χ0) is 15.5. The maximum Gasteiger partial charge on any atom is 0.128 e. The molecule has 132 valence electrons. The Kier molecular flexibility index (Phi) is 8.31. The number of benzene rings is 1. The van der Waals surface area contributed by atoms with E-state index in [-0.39, 0.29) is 24.8 Å². The molecule has 0 saturated carbocycles. The zero-order valence-electron chi connectivity index (χ0n) is 14.0. The number of pyridine rings is 1. The first kappa shape index (κ1) is 21.0. The van der Waals surface area contributed by atoms with E-state index in [4.69, 9.17) is 11.6 Å². The van der Waals surface area contributed by atoms with E-state index in [2.05, 4.69) is 40.8 Å². The van der Waals surface area contributed by atoms with E-state index in [0.29, 0.717) is 6.04 Å². The van der Waals surface area contributed by atoms with Crippen LogP contribution in [0.25, 0.3) is 11.1 Å². The van der Waals surface area contributed by atoms with Crippen molar-refractivity contribution < 1.29 is 0 Å². The van der Waals surface area contributed by atoms with E-state index in [9.17, 15) is 0 Å². The van der Waals surface area contributed by atoms with Crippen LogP contribution in [0, 0.1) is 0 Å². The first-order valence-electron chi connectivity index (χ1n) is 7.84. The summed E-state index contributed by atoms with van der Waals surface area (Å²) < 4.78 is 0. The Hall–Kier alpha value is -1.000. The van der Waals surface area contributed by atoms with Gasteiger partial charge in [0.1, 0.15) is 5.82 Å². The van der Waals surface area contributed by atoms with Crippen molar-refractivity contribution in [2.24, 2.45) is 0 Å². The molecule has 0 amide bonds. The molecule has 3 nitrogen and oxygen atoms in total. The molecular weight excluding hydrogens is 365 g/mol. The maximum absolute atomic E-state index is 5.93. The number of rotatable bonds is 3. The summed E-state index contributed by atoms with van der Waals surface area (Å²) in [5.74, 6) is 1.07. The first-order chi connectivity index (χ1) is 10.6. The van der Waals surface area contributed by atoms with Crippen molar-refractivity contribution in [1.29, 1.82) is 0 Å². The quantitative estimate of drug-likeness (QED) is 0.754. The predicted octanol–water partition coefficient (Wildman–Crippen LogP) is 4.78. The second kappa shape index (κ2) is 9.47. The minimum atomic E-state index is 0. The van der Waals surface area contributed by atoms with Crippen LogP contribution in [-0.4, -0.2) is 42.1 Å². The van der Waals surface area contributed by atoms with Crippen LogP contribution in [-0.2, 0) is 0 Å². The number of anilines is 1. The summed E-state index contributed by atoms with van der Waals surface area (Å²) in [6.45, 7) is 8.83. The van der Waals surface area contributed by atoms with Crippen molar-refractivity contribution in [2.45, 2.75) is 19.9 Å². The number of hydrogen-bond donors (Lipinski definition) is 0. The maximum atomic E-state index is 5.93. The Morgan fingerprint density at radius 2 is 1.46 bits per heavy atom. The van der Waals surface area contributed by atoms with Crippen LogP contribution in [0.5, 0.6) is 0 Å². The molecule has 0 aliphatic carbocycles. The zero-order valence-corrected chi connectivity index (χ0v) is 16.4. The fraction of sp³-hybridized carbons (Fsp3) is 0.389. The second-order valence-corrected chi connectivity index (χ2v) is 6.47. The van der Waals surface area contributed by atoms with Gasteiger partial charge >= 0.3 is 0 Å². The second-order valence-electron chi connectivity index (χ2n) is 6.03. The molecule has 1 aromatic carbocycles. The molecule has 1 aliphatic rings. The Balaban J connectivity index is 0.00000144. The molecule has 6 heteroatoms. The highest BCUT2D eigenvalue weighted by molar-refractivity contribution is 6.30. The molecule has 0 bridgehead atoms. The van der Waals surface area contributed by atoms with Crippen molar-refractivity contribution >= 4 is 42.2 Å². The third kappa shape index (κ3) is 5.00. The van der Waals surface area contributed by atoms with Gasteiger partial charge in [-0.1, -0.05) is 23.7 Å². The van der Waals surface area contributed by atoms with Crippen LogP contribution in [0.2, 0.25) is 5.02 Å². The standard InChI is InChI=1S/C18H22ClN3.2ClH/c1-14(2)21-9-11-22(12-10-21)18-8-5-16(13-20-18)15-3-6-17(19)7-4-15;;/h3-8,13-14H,9-12H2,1-2H3;2*1H. The minimum Gasteiger partial charge on any atom is -0.354 e. The highest BCUT2D eigenvalue weighted by Gasteiger charge is 2.19. The van der Waals surface area contributed by atoms with Crippen LogP contribution < -0.4 is 4.90 Å². The van der Waals surface area contributed by atoms with Gasteiger partial charge in [0.05, 0.1) is 0 Å². The smallest absolute Gasteiger partial charge is 0.128 e. The molecule has 0 atom stereocenters. The van der Waals surface area contributed by atoms with E-state index < -0.39 is 0 Å². The van der Waals surface area contributed by atoms with E-state index in [0.717, 1.165) is 48.1 Å². The number of hydrogen-bond acceptors (Lipinski definition) is 3. The van der Waals surface area contributed by atoms with Gasteiger partial charge in [-0.05, 0) is 43.7 Å². The van der Waals surface area contributed by atoms with Crippen LogP contribution in [0.1, 0.15) is 13.8 Å². The van der Waals surface area contributed by atoms with Gasteiger partial charge in [-0.2, -0.15) is 0 Å². The topological polar surface area (TPSA) is 19.4 Å². The van der Waals surface area contributed by atoms with Crippen molar-refractivity contribution in [2.75, 3.05) is 31.1 Å². The van der Waals surface area contributed by atoms with Gasteiger partial charge in [-0.15, -0.1) is 24.8 Å². The Morgan fingerprint density at radius 1 is 0.875 bits per heavy atom. The fourth-order valence-electron chi connectivity index (χ4n) is 2.85. The van der Waals surface area contributed by atoms with Gasteiger partial charge in [-0.25, -0.2) is 4.98 Å². The van der Waals surface area contributed by atoms with E-state index in [1.807, 2.05) is 30.5 Å². The highest BCUT2D eigenvalue weighted by atomic mass is 35.5. The molecule has 24 heavy (non-hydrogen) atoms. The summed E-state index contributed by atoms with van der Waals surface area (Å²) in [6.07, 6.45) is 1.95. The van der Waals surface area contributed by atoms with Crippen LogP contribution in [0.3, 0.4) is 0 Å². The number of piperazine rings is 1. The van der Waals surface area contributed by atoms with Gasteiger partial charge < -0.3 is 4.90 Å². The first-order valence-corrected chi connectivity index (χ1v) is 8.22. The SMILES string of the molecule is CC(C)N1CCN(c2ccc(-c3ccc(Cl)cc3)cn2)CC1.Cl.Cl. The predicted molar refractivity (Wildman–Crippen MR) is 108 cm³/mol. The van der Waals surface area contributed by atoms with Crippen molar-refractivity contribution in [1.82, 2.24) is 9.88 Å². The third-order valence-corrected chi connectivity index (χ3v) is 4.55. The molecule has 0 N–H and O–H groups in total. The average molecular weight is 389 g/mol. The van der Waals surface area contributed by atoms with E-state index in [1.165, 1.54) is 0 Å². The van der Waals surface area contributed by atoms with E-state index >= 15 is 0 Å². The molecule has 0 radical (unpaired) electrons. The van der Waals surface area contributed by atoms with Gasteiger partial charge in [0.2, 0.25) is 0 Å². The molecule has 0 unspecified atom stereocenters. The van der Waals surface area contributed by atoms with Gasteiger partial charge in [0.25, 0.3) is 0 Å². The lowest BCUT2D eigenvalue weighted by atomic mass is 10.1. The Labute approximate surface area is 161 Å². The molecule has 1 saturated heterocycles. The van der Waals surface area contributed by atoms with Crippen LogP contribution in [0.15, 0.2) is 42.6 Å². The number of nitrogens with zero attached hydrogens (tertiary/aromatic N) is 3. The number of aromatic nitrogens is 1. The molecule has 3 rings (SSSR count). The summed E-state index contributed by atoms with van der Waals surface area (Å²) in [5.41, 5.74) is 2.27. The third-order valence-electron chi connectivity index (χ3n) is 4.29. The molecule has 2 heterocycles. The summed E-state index contributed by atoms with van der Waals surface area (Å²) in [4.78, 5) is 9.52. The molecular formula is C18H24Cl3N3. The van der Waals surface area contributed by atoms with Crippen molar-refractivity contribution in [3.05, 3.63) is 47.6 Å². The van der Waals surface area contributed by atoms with Crippen molar-refractivity contribution in [3.63, 3.8) is 0 Å².